The molecule has 0 aliphatic heterocycles. The Bertz CT molecular complexity index is 1520. The number of nitrogens with zero attached hydrogens (tertiary/aromatic N) is 1. The van der Waals surface area contributed by atoms with E-state index in [1.54, 1.807) is 0 Å². The predicted octanol–water partition coefficient (Wildman–Crippen LogP) is 4.83. The molecule has 2 bridgehead atoms. The second-order valence-corrected chi connectivity index (χ2v) is 12.6. The highest BCUT2D eigenvalue weighted by Crippen LogP contribution is 2.56. The molecule has 206 valence electrons. The van der Waals surface area contributed by atoms with Crippen molar-refractivity contribution in [1.82, 2.24) is 4.98 Å². The van der Waals surface area contributed by atoms with Crippen LogP contribution in [0, 0.1) is 29.3 Å². The van der Waals surface area contributed by atoms with Crippen LogP contribution in [-0.2, 0) is 9.84 Å². The second kappa shape index (κ2) is 10.2. The van der Waals surface area contributed by atoms with Crippen LogP contribution in [0.3, 0.4) is 0 Å². The van der Waals surface area contributed by atoms with Gasteiger partial charge in [0.05, 0.1) is 27.1 Å². The van der Waals surface area contributed by atoms with Gasteiger partial charge in [0.1, 0.15) is 17.5 Å². The van der Waals surface area contributed by atoms with Crippen LogP contribution >= 0.6 is 11.6 Å². The average molecular weight is 581 g/mol. The molecule has 0 spiro atoms. The number of benzene rings is 2. The molecule has 7 nitrogen and oxygen atoms in total. The molecule has 3 N–H and O–H groups in total. The Morgan fingerprint density at radius 3 is 2.33 bits per heavy atom. The summed E-state index contributed by atoms with van der Waals surface area (Å²) in [4.78, 5) is 16.4. The topological polar surface area (TPSA) is 117 Å². The third kappa shape index (κ3) is 4.93. The van der Waals surface area contributed by atoms with Gasteiger partial charge in [0.15, 0.2) is 21.5 Å². The number of aliphatic hydroxyl groups excluding tert-OH is 1. The highest BCUT2D eigenvalue weighted by atomic mass is 35.5. The van der Waals surface area contributed by atoms with Crippen molar-refractivity contribution in [2.45, 2.75) is 47.5 Å². The molecule has 1 aromatic heterocycles. The van der Waals surface area contributed by atoms with Gasteiger partial charge in [-0.2, -0.15) is 0 Å². The standard InChI is InChI=1S/C27H24ClF3N2O5S/c28-20-6-1-14(26(35)33-18-5-7-21(30)22(31)12-18)9-24(20)39(37,38)19-10-15-2-3-16(11-19)27(15,36)25(34)23-8-4-17(29)13-32-23/h1,4-9,12-13,15-16,19,25,34,36H,2-3,10-11H2,(H,33,35)/t15?,16?,19?,25-,27?/m0/s1. The molecule has 2 aliphatic rings. The van der Waals surface area contributed by atoms with Gasteiger partial charge in [-0.05, 0) is 80.0 Å². The van der Waals surface area contributed by atoms with Gasteiger partial charge in [0.25, 0.3) is 5.91 Å². The zero-order valence-electron chi connectivity index (χ0n) is 20.3. The Morgan fingerprint density at radius 1 is 1.03 bits per heavy atom. The summed E-state index contributed by atoms with van der Waals surface area (Å²) in [6, 6.07) is 8.95. The molecule has 1 heterocycles. The quantitative estimate of drug-likeness (QED) is 0.384. The van der Waals surface area contributed by atoms with Crippen molar-refractivity contribution in [3.63, 3.8) is 0 Å². The van der Waals surface area contributed by atoms with Gasteiger partial charge in [-0.1, -0.05) is 11.6 Å². The number of aromatic nitrogens is 1. The number of carbonyl (C=O) groups is 1. The van der Waals surface area contributed by atoms with Crippen LogP contribution in [0.25, 0.3) is 0 Å². The van der Waals surface area contributed by atoms with Crippen LogP contribution < -0.4 is 5.32 Å². The third-order valence-corrected chi connectivity index (χ3v) is 10.5. The van der Waals surface area contributed by atoms with Crippen LogP contribution in [0.1, 0.15) is 47.8 Å². The molecule has 39 heavy (non-hydrogen) atoms. The Kier molecular flexibility index (Phi) is 7.21. The summed E-state index contributed by atoms with van der Waals surface area (Å²) in [5.41, 5.74) is -1.61. The van der Waals surface area contributed by atoms with Gasteiger partial charge in [0.2, 0.25) is 0 Å². The Morgan fingerprint density at radius 2 is 1.72 bits per heavy atom. The summed E-state index contributed by atoms with van der Waals surface area (Å²) >= 11 is 6.26. The lowest BCUT2D eigenvalue weighted by Gasteiger charge is -2.45. The van der Waals surface area contributed by atoms with Crippen LogP contribution in [0.2, 0.25) is 5.02 Å². The zero-order valence-corrected chi connectivity index (χ0v) is 21.9. The largest absolute Gasteiger partial charge is 0.386 e. The zero-order chi connectivity index (χ0) is 28.1. The first-order chi connectivity index (χ1) is 18.4. The molecule has 2 unspecified atom stereocenters. The summed E-state index contributed by atoms with van der Waals surface area (Å²) < 4.78 is 67.5. The summed E-state index contributed by atoms with van der Waals surface area (Å²) in [6.45, 7) is 0. The maximum absolute atomic E-state index is 13.7. The lowest BCUT2D eigenvalue weighted by atomic mass is 9.70. The number of hydrogen-bond acceptors (Lipinski definition) is 6. The van der Waals surface area contributed by atoms with E-state index in [1.807, 2.05) is 0 Å². The van der Waals surface area contributed by atoms with Gasteiger partial charge in [0, 0.05) is 17.3 Å². The SMILES string of the molecule is O=C(Nc1ccc(F)c(F)c1)c1ccc(Cl)c(S(=O)(=O)C2CC3CCC(C2)C3(O)[C@@H](O)c2ccc(F)cn2)c1. The highest BCUT2D eigenvalue weighted by Gasteiger charge is 2.59. The van der Waals surface area contributed by atoms with E-state index in [2.05, 4.69) is 10.3 Å². The number of aliphatic hydroxyl groups is 2. The molecule has 5 rings (SSSR count). The fourth-order valence-corrected chi connectivity index (χ4v) is 8.25. The van der Waals surface area contributed by atoms with E-state index >= 15 is 0 Å². The first-order valence-electron chi connectivity index (χ1n) is 12.2. The number of nitrogens with one attached hydrogen (secondary N) is 1. The number of fused-ring (bicyclic) bond motifs is 2. The summed E-state index contributed by atoms with van der Waals surface area (Å²) in [7, 11) is -4.09. The number of sulfone groups is 1. The van der Waals surface area contributed by atoms with Gasteiger partial charge in [-0.15, -0.1) is 0 Å². The lowest BCUT2D eigenvalue weighted by molar-refractivity contribution is -0.145. The third-order valence-electron chi connectivity index (χ3n) is 7.85. The predicted molar refractivity (Wildman–Crippen MR) is 136 cm³/mol. The summed E-state index contributed by atoms with van der Waals surface area (Å²) in [5.74, 6) is -4.72. The highest BCUT2D eigenvalue weighted by molar-refractivity contribution is 7.92. The van der Waals surface area contributed by atoms with Gasteiger partial charge < -0.3 is 15.5 Å². The van der Waals surface area contributed by atoms with E-state index < -0.39 is 62.0 Å². The first kappa shape index (κ1) is 27.6. The number of halogens is 4. The molecule has 1 amide bonds. The molecule has 2 aliphatic carbocycles. The monoisotopic (exact) mass is 580 g/mol. The van der Waals surface area contributed by atoms with E-state index in [0.717, 1.165) is 30.5 Å². The lowest BCUT2D eigenvalue weighted by Crippen LogP contribution is -2.52. The Hall–Kier alpha value is -2.99. The van der Waals surface area contributed by atoms with Gasteiger partial charge in [-0.25, -0.2) is 21.6 Å². The Balaban J connectivity index is 1.38. The van der Waals surface area contributed by atoms with Crippen molar-refractivity contribution in [2.75, 3.05) is 5.32 Å². The van der Waals surface area contributed by atoms with Gasteiger partial charge >= 0.3 is 0 Å². The second-order valence-electron chi connectivity index (χ2n) is 10.0. The fourth-order valence-electron chi connectivity index (χ4n) is 5.85. The number of pyridine rings is 1. The molecule has 2 aromatic carbocycles. The number of rotatable bonds is 6. The van der Waals surface area contributed by atoms with Gasteiger partial charge in [-0.3, -0.25) is 9.78 Å². The molecular weight excluding hydrogens is 557 g/mol. The van der Waals surface area contributed by atoms with Crippen molar-refractivity contribution in [1.29, 1.82) is 0 Å². The van der Waals surface area contributed by atoms with E-state index in [1.165, 1.54) is 24.3 Å². The number of hydrogen-bond donors (Lipinski definition) is 3. The minimum absolute atomic E-state index is 0.0180. The van der Waals surface area contributed by atoms with E-state index in [0.29, 0.717) is 12.8 Å². The number of amides is 1. The van der Waals surface area contributed by atoms with Crippen LogP contribution in [-0.4, -0.2) is 40.4 Å². The van der Waals surface area contributed by atoms with Crippen LogP contribution in [0.15, 0.2) is 59.6 Å². The minimum atomic E-state index is -4.09. The first-order valence-corrected chi connectivity index (χ1v) is 14.2. The molecule has 2 fully saturated rings. The maximum Gasteiger partial charge on any atom is 0.255 e. The maximum atomic E-state index is 13.7. The minimum Gasteiger partial charge on any atom is -0.386 e. The molecule has 2 saturated carbocycles. The molecule has 3 atom stereocenters. The van der Waals surface area contributed by atoms with E-state index in [-0.39, 0.29) is 39.7 Å². The number of anilines is 1. The van der Waals surface area contributed by atoms with Crippen molar-refractivity contribution in [3.8, 4) is 0 Å². The van der Waals surface area contributed by atoms with E-state index in [9.17, 15) is 36.6 Å². The fraction of sp³-hybridized carbons (Fsp3) is 0.333. The number of carbonyl (C=O) groups excluding carboxylic acids is 1. The molecule has 12 heteroatoms. The molecular formula is C27H24ClF3N2O5S. The average Bonchev–Trinajstić information content (AvgIpc) is 3.06. The van der Waals surface area contributed by atoms with E-state index in [4.69, 9.17) is 11.6 Å². The Labute approximate surface area is 227 Å². The summed E-state index contributed by atoms with van der Waals surface area (Å²) in [6.07, 6.45) is 0.555. The van der Waals surface area contributed by atoms with Crippen LogP contribution in [0.5, 0.6) is 0 Å². The molecule has 0 radical (unpaired) electrons. The smallest absolute Gasteiger partial charge is 0.255 e. The molecule has 0 saturated heterocycles. The van der Waals surface area contributed by atoms with Crippen molar-refractivity contribution < 1.29 is 36.6 Å². The normalized spacial score (nSPS) is 25.3. The van der Waals surface area contributed by atoms with Crippen molar-refractivity contribution in [3.05, 3.63) is 88.5 Å². The molecule has 3 aromatic rings. The van der Waals surface area contributed by atoms with Crippen LogP contribution in [0.4, 0.5) is 18.9 Å². The summed E-state index contributed by atoms with van der Waals surface area (Å²) in [5, 5.41) is 23.9. The van der Waals surface area contributed by atoms with Crippen molar-refractivity contribution >= 4 is 33.0 Å². The van der Waals surface area contributed by atoms with Crippen molar-refractivity contribution in [2.24, 2.45) is 11.8 Å².